The van der Waals surface area contributed by atoms with E-state index < -0.39 is 6.10 Å². The Labute approximate surface area is 151 Å². The molecule has 1 aliphatic heterocycles. The molecule has 6 nitrogen and oxygen atoms in total. The number of hydrogen-bond acceptors (Lipinski definition) is 6. The molecule has 1 unspecified atom stereocenters. The average Bonchev–Trinajstić information content (AvgIpc) is 3.03. The maximum Gasteiger partial charge on any atom is 0.266 e. The summed E-state index contributed by atoms with van der Waals surface area (Å²) in [7, 11) is 0. The molecule has 0 saturated heterocycles. The number of nitrogens with one attached hydrogen (secondary N) is 1. The Morgan fingerprint density at radius 1 is 1.48 bits per heavy atom. The molecule has 1 amide bonds. The minimum Gasteiger partial charge on any atom is -0.481 e. The topological polar surface area (TPSA) is 78.2 Å². The first kappa shape index (κ1) is 17.4. The van der Waals surface area contributed by atoms with Crippen LogP contribution in [0.1, 0.15) is 30.0 Å². The lowest BCUT2D eigenvalue weighted by atomic mass is 10.2. The largest absolute Gasteiger partial charge is 0.481 e. The van der Waals surface area contributed by atoms with Crippen molar-refractivity contribution in [3.05, 3.63) is 40.4 Å². The van der Waals surface area contributed by atoms with Crippen LogP contribution in [-0.4, -0.2) is 35.0 Å². The number of nitrogens with zero attached hydrogens (tertiary/aromatic N) is 3. The number of benzene rings is 1. The molecule has 25 heavy (non-hydrogen) atoms. The zero-order valence-electron chi connectivity index (χ0n) is 14.3. The second kappa shape index (κ2) is 7.64. The second-order valence-electron chi connectivity index (χ2n) is 5.89. The molecule has 1 aromatic heterocycles. The first-order valence-electron chi connectivity index (χ1n) is 8.27. The minimum absolute atomic E-state index is 0.234. The van der Waals surface area contributed by atoms with Crippen LogP contribution in [0.4, 0.5) is 5.13 Å². The van der Waals surface area contributed by atoms with Gasteiger partial charge in [-0.05, 0) is 37.7 Å². The van der Waals surface area contributed by atoms with Gasteiger partial charge >= 0.3 is 0 Å². The van der Waals surface area contributed by atoms with E-state index in [-0.39, 0.29) is 5.91 Å². The number of likely N-dealkylation sites (N-methyl/N-ethyl adjacent to an activating group) is 1. The van der Waals surface area contributed by atoms with Gasteiger partial charge in [0.1, 0.15) is 5.75 Å². The van der Waals surface area contributed by atoms with Gasteiger partial charge in [0, 0.05) is 24.4 Å². The van der Waals surface area contributed by atoms with E-state index in [1.165, 1.54) is 16.2 Å². The third-order valence-electron chi connectivity index (χ3n) is 4.15. The van der Waals surface area contributed by atoms with Gasteiger partial charge in [-0.15, -0.1) is 11.3 Å². The van der Waals surface area contributed by atoms with Gasteiger partial charge in [0.2, 0.25) is 0 Å². The Bertz CT molecular complexity index is 794. The summed E-state index contributed by atoms with van der Waals surface area (Å²) in [6.45, 7) is 6.78. The van der Waals surface area contributed by atoms with Crippen LogP contribution in [0.25, 0.3) is 0 Å². The number of carbonyl (C=O) groups is 1. The van der Waals surface area contributed by atoms with Gasteiger partial charge in [0.15, 0.2) is 11.2 Å². The molecule has 1 aromatic carbocycles. The summed E-state index contributed by atoms with van der Waals surface area (Å²) in [6.07, 6.45) is 0.272. The van der Waals surface area contributed by atoms with Crippen LogP contribution in [-0.2, 0) is 17.8 Å². The molecule has 1 aliphatic rings. The van der Waals surface area contributed by atoms with Crippen molar-refractivity contribution >= 4 is 22.4 Å². The van der Waals surface area contributed by atoms with E-state index in [4.69, 9.17) is 10.00 Å². The van der Waals surface area contributed by atoms with Crippen molar-refractivity contribution in [3.8, 4) is 11.8 Å². The molecule has 2 aromatic rings. The molecule has 0 fully saturated rings. The highest BCUT2D eigenvalue weighted by Gasteiger charge is 2.22. The Morgan fingerprint density at radius 2 is 2.24 bits per heavy atom. The van der Waals surface area contributed by atoms with Gasteiger partial charge in [0.05, 0.1) is 17.3 Å². The van der Waals surface area contributed by atoms with Crippen molar-refractivity contribution in [3.63, 3.8) is 0 Å². The molecule has 0 bridgehead atoms. The SMILES string of the molecule is CCN1CCc2nc(NC(=O)C(C)Oc3ccc(C#N)cc3)sc2C1. The van der Waals surface area contributed by atoms with Crippen molar-refractivity contribution in [1.29, 1.82) is 5.26 Å². The van der Waals surface area contributed by atoms with Gasteiger partial charge < -0.3 is 4.74 Å². The van der Waals surface area contributed by atoms with Crippen LogP contribution in [0.15, 0.2) is 24.3 Å². The highest BCUT2D eigenvalue weighted by Crippen LogP contribution is 2.28. The fraction of sp³-hybridized carbons (Fsp3) is 0.389. The fourth-order valence-corrected chi connectivity index (χ4v) is 3.70. The maximum atomic E-state index is 12.3. The highest BCUT2D eigenvalue weighted by atomic mass is 32.1. The molecule has 0 aliphatic carbocycles. The third-order valence-corrected chi connectivity index (χ3v) is 5.15. The lowest BCUT2D eigenvalue weighted by Crippen LogP contribution is -2.30. The monoisotopic (exact) mass is 356 g/mol. The van der Waals surface area contributed by atoms with Crippen molar-refractivity contribution in [2.75, 3.05) is 18.4 Å². The standard InChI is InChI=1S/C18H20N4O2S/c1-3-22-9-8-15-16(11-22)25-18(20-15)21-17(23)12(2)24-14-6-4-13(10-19)5-7-14/h4-7,12H,3,8-9,11H2,1-2H3,(H,20,21,23). The number of rotatable bonds is 5. The third kappa shape index (κ3) is 4.16. The zero-order valence-corrected chi connectivity index (χ0v) is 15.1. The van der Waals surface area contributed by atoms with E-state index in [0.717, 1.165) is 31.7 Å². The van der Waals surface area contributed by atoms with E-state index in [0.29, 0.717) is 16.4 Å². The number of ether oxygens (including phenoxy) is 1. The summed E-state index contributed by atoms with van der Waals surface area (Å²) >= 11 is 1.54. The highest BCUT2D eigenvalue weighted by molar-refractivity contribution is 7.15. The number of anilines is 1. The molecule has 2 heterocycles. The average molecular weight is 356 g/mol. The predicted octanol–water partition coefficient (Wildman–Crippen LogP) is 2.80. The zero-order chi connectivity index (χ0) is 17.8. The molecular weight excluding hydrogens is 336 g/mol. The summed E-state index contributed by atoms with van der Waals surface area (Å²) in [5, 5.41) is 12.3. The number of fused-ring (bicyclic) bond motifs is 1. The number of nitriles is 1. The molecule has 1 N–H and O–H groups in total. The fourth-order valence-electron chi connectivity index (χ4n) is 2.64. The van der Waals surface area contributed by atoms with E-state index in [1.54, 1.807) is 31.2 Å². The van der Waals surface area contributed by atoms with Crippen LogP contribution in [0.3, 0.4) is 0 Å². The van der Waals surface area contributed by atoms with E-state index in [2.05, 4.69) is 22.1 Å². The number of hydrogen-bond donors (Lipinski definition) is 1. The second-order valence-corrected chi connectivity index (χ2v) is 6.98. The van der Waals surface area contributed by atoms with E-state index in [9.17, 15) is 4.79 Å². The van der Waals surface area contributed by atoms with Crippen molar-refractivity contribution in [2.45, 2.75) is 32.9 Å². The number of aromatic nitrogens is 1. The first-order chi connectivity index (χ1) is 12.1. The quantitative estimate of drug-likeness (QED) is 0.891. The normalized spacial score (nSPS) is 15.1. The van der Waals surface area contributed by atoms with Gasteiger partial charge in [-0.3, -0.25) is 15.0 Å². The van der Waals surface area contributed by atoms with Crippen LogP contribution in [0, 0.1) is 11.3 Å². The Morgan fingerprint density at radius 3 is 2.92 bits per heavy atom. The van der Waals surface area contributed by atoms with Crippen LogP contribution >= 0.6 is 11.3 Å². The van der Waals surface area contributed by atoms with Crippen molar-refractivity contribution in [1.82, 2.24) is 9.88 Å². The van der Waals surface area contributed by atoms with Crippen LogP contribution in [0.2, 0.25) is 0 Å². The van der Waals surface area contributed by atoms with Gasteiger partial charge in [-0.2, -0.15) is 5.26 Å². The van der Waals surface area contributed by atoms with Gasteiger partial charge in [-0.25, -0.2) is 4.98 Å². The van der Waals surface area contributed by atoms with E-state index >= 15 is 0 Å². The molecule has 7 heteroatoms. The lowest BCUT2D eigenvalue weighted by molar-refractivity contribution is -0.122. The summed E-state index contributed by atoms with van der Waals surface area (Å²) in [5.41, 5.74) is 1.64. The molecular formula is C18H20N4O2S. The number of amides is 1. The Kier molecular flexibility index (Phi) is 5.31. The summed E-state index contributed by atoms with van der Waals surface area (Å²) in [5.74, 6) is 0.321. The Balaban J connectivity index is 1.60. The first-order valence-corrected chi connectivity index (χ1v) is 9.09. The summed E-state index contributed by atoms with van der Waals surface area (Å²) in [4.78, 5) is 20.5. The summed E-state index contributed by atoms with van der Waals surface area (Å²) in [6, 6.07) is 8.74. The van der Waals surface area contributed by atoms with Crippen LogP contribution < -0.4 is 10.1 Å². The van der Waals surface area contributed by atoms with Crippen molar-refractivity contribution in [2.24, 2.45) is 0 Å². The lowest BCUT2D eigenvalue weighted by Gasteiger charge is -2.23. The number of carbonyl (C=O) groups excluding carboxylic acids is 1. The van der Waals surface area contributed by atoms with Gasteiger partial charge in [0.25, 0.3) is 5.91 Å². The maximum absolute atomic E-state index is 12.3. The molecule has 0 saturated carbocycles. The van der Waals surface area contributed by atoms with Crippen molar-refractivity contribution < 1.29 is 9.53 Å². The number of thiazole rings is 1. The molecule has 1 atom stereocenters. The predicted molar refractivity (Wildman–Crippen MR) is 96.6 cm³/mol. The van der Waals surface area contributed by atoms with Crippen LogP contribution in [0.5, 0.6) is 5.75 Å². The molecule has 130 valence electrons. The summed E-state index contributed by atoms with van der Waals surface area (Å²) < 4.78 is 5.63. The molecule has 0 radical (unpaired) electrons. The minimum atomic E-state index is -0.652. The molecule has 0 spiro atoms. The Hall–Kier alpha value is -2.43. The van der Waals surface area contributed by atoms with E-state index in [1.807, 2.05) is 6.07 Å². The molecule has 3 rings (SSSR count). The van der Waals surface area contributed by atoms with Gasteiger partial charge in [-0.1, -0.05) is 6.92 Å². The smallest absolute Gasteiger partial charge is 0.266 e.